The van der Waals surface area contributed by atoms with Crippen LogP contribution in [0.25, 0.3) is 11.6 Å². The third kappa shape index (κ3) is 3.11. The number of aromatic nitrogens is 3. The van der Waals surface area contributed by atoms with Gasteiger partial charge in [-0.1, -0.05) is 25.1 Å². The first kappa shape index (κ1) is 18.7. The second kappa shape index (κ2) is 6.77. The Labute approximate surface area is 164 Å². The zero-order chi connectivity index (χ0) is 20.1. The van der Waals surface area contributed by atoms with Gasteiger partial charge in [-0.15, -0.1) is 10.2 Å². The lowest BCUT2D eigenvalue weighted by atomic mass is 10.1. The Kier molecular flexibility index (Phi) is 4.53. The molecule has 1 fully saturated rings. The van der Waals surface area contributed by atoms with Crippen LogP contribution in [-0.2, 0) is 23.5 Å². The number of nitrogens with zero attached hydrogens (tertiary/aromatic N) is 3. The number of para-hydroxylation sites is 1. The fraction of sp³-hybridized carbons (Fsp3) is 0.400. The molecule has 1 saturated carbocycles. The maximum absolute atomic E-state index is 13.2. The standard InChI is InChI=1S/C20H24N4O3S/c1-5-14-8-6-7-9-16(14)23-28(25,26)18-12(2)17(24(4)13(18)3)20-22-21-19(27-20)15-10-11-15/h6-9,15,23H,5,10-11H2,1-4H3. The molecule has 0 radical (unpaired) electrons. The minimum atomic E-state index is -3.77. The number of hydrogen-bond donors (Lipinski definition) is 1. The number of nitrogens with one attached hydrogen (secondary N) is 1. The van der Waals surface area contributed by atoms with E-state index in [9.17, 15) is 8.42 Å². The van der Waals surface area contributed by atoms with E-state index in [1.807, 2.05) is 32.2 Å². The SMILES string of the molecule is CCc1ccccc1NS(=O)(=O)c1c(C)c(-c2nnc(C3CC3)o2)n(C)c1C. The molecule has 0 unspecified atom stereocenters. The van der Waals surface area contributed by atoms with Crippen LogP contribution in [0.2, 0.25) is 0 Å². The van der Waals surface area contributed by atoms with Crippen LogP contribution in [0.1, 0.15) is 48.4 Å². The highest BCUT2D eigenvalue weighted by atomic mass is 32.2. The van der Waals surface area contributed by atoms with Crippen molar-refractivity contribution < 1.29 is 12.8 Å². The van der Waals surface area contributed by atoms with E-state index in [0.29, 0.717) is 40.3 Å². The van der Waals surface area contributed by atoms with Crippen LogP contribution in [0.5, 0.6) is 0 Å². The predicted molar refractivity (Wildman–Crippen MR) is 107 cm³/mol. The molecular formula is C20H24N4O3S. The Bertz CT molecular complexity index is 1140. The first-order valence-corrected chi connectivity index (χ1v) is 10.9. The Balaban J connectivity index is 1.77. The minimum absolute atomic E-state index is 0.252. The van der Waals surface area contributed by atoms with E-state index < -0.39 is 10.0 Å². The van der Waals surface area contributed by atoms with Gasteiger partial charge < -0.3 is 8.98 Å². The van der Waals surface area contributed by atoms with E-state index in [0.717, 1.165) is 24.8 Å². The first-order chi connectivity index (χ1) is 13.3. The number of anilines is 1. The van der Waals surface area contributed by atoms with Crippen LogP contribution < -0.4 is 4.72 Å². The van der Waals surface area contributed by atoms with Gasteiger partial charge in [-0.05, 0) is 44.7 Å². The lowest BCUT2D eigenvalue weighted by molar-refractivity contribution is 0.504. The van der Waals surface area contributed by atoms with Gasteiger partial charge in [-0.3, -0.25) is 4.72 Å². The average molecular weight is 401 g/mol. The van der Waals surface area contributed by atoms with Gasteiger partial charge in [0.05, 0.1) is 5.69 Å². The zero-order valence-corrected chi connectivity index (χ0v) is 17.3. The topological polar surface area (TPSA) is 90.0 Å². The fourth-order valence-corrected chi connectivity index (χ4v) is 5.22. The molecule has 0 atom stereocenters. The molecule has 2 heterocycles. The largest absolute Gasteiger partial charge is 0.419 e. The molecule has 0 bridgehead atoms. The van der Waals surface area contributed by atoms with Crippen LogP contribution in [0.3, 0.4) is 0 Å². The fourth-order valence-electron chi connectivity index (χ4n) is 3.60. The molecule has 0 saturated heterocycles. The monoisotopic (exact) mass is 400 g/mol. The van der Waals surface area contributed by atoms with Gasteiger partial charge in [0.25, 0.3) is 15.9 Å². The lowest BCUT2D eigenvalue weighted by Gasteiger charge is -2.12. The molecule has 8 heteroatoms. The summed E-state index contributed by atoms with van der Waals surface area (Å²) in [4.78, 5) is 0.252. The summed E-state index contributed by atoms with van der Waals surface area (Å²) in [6.45, 7) is 5.57. The van der Waals surface area contributed by atoms with Crippen molar-refractivity contribution in [3.8, 4) is 11.6 Å². The van der Waals surface area contributed by atoms with Crippen molar-refractivity contribution in [2.24, 2.45) is 7.05 Å². The third-order valence-electron chi connectivity index (χ3n) is 5.34. The van der Waals surface area contributed by atoms with Gasteiger partial charge in [0.1, 0.15) is 10.6 Å². The van der Waals surface area contributed by atoms with Gasteiger partial charge in [0, 0.05) is 24.2 Å². The summed E-state index contributed by atoms with van der Waals surface area (Å²) in [7, 11) is -1.96. The molecule has 28 heavy (non-hydrogen) atoms. The van der Waals surface area contributed by atoms with Gasteiger partial charge in [0.2, 0.25) is 5.89 Å². The van der Waals surface area contributed by atoms with Crippen LogP contribution >= 0.6 is 0 Å². The van der Waals surface area contributed by atoms with Gasteiger partial charge in [-0.25, -0.2) is 8.42 Å². The van der Waals surface area contributed by atoms with E-state index in [-0.39, 0.29) is 4.90 Å². The highest BCUT2D eigenvalue weighted by Gasteiger charge is 2.32. The molecule has 0 aliphatic heterocycles. The Morgan fingerprint density at radius 2 is 1.93 bits per heavy atom. The van der Waals surface area contributed by atoms with Crippen molar-refractivity contribution in [1.29, 1.82) is 0 Å². The molecule has 1 N–H and O–H groups in total. The molecule has 1 aliphatic carbocycles. The Hall–Kier alpha value is -2.61. The number of benzene rings is 1. The first-order valence-electron chi connectivity index (χ1n) is 9.43. The van der Waals surface area contributed by atoms with Crippen molar-refractivity contribution in [3.05, 3.63) is 47.0 Å². The number of sulfonamides is 1. The normalized spacial score (nSPS) is 14.4. The van der Waals surface area contributed by atoms with Crippen LogP contribution in [-0.4, -0.2) is 23.2 Å². The second-order valence-electron chi connectivity index (χ2n) is 7.28. The summed E-state index contributed by atoms with van der Waals surface area (Å²) in [5.74, 6) is 1.34. The quantitative estimate of drug-likeness (QED) is 0.677. The van der Waals surface area contributed by atoms with Crippen LogP contribution in [0.15, 0.2) is 33.6 Å². The number of aryl methyl sites for hydroxylation is 1. The van der Waals surface area contributed by atoms with E-state index in [1.165, 1.54) is 0 Å². The van der Waals surface area contributed by atoms with Gasteiger partial charge in [0.15, 0.2) is 0 Å². The van der Waals surface area contributed by atoms with E-state index >= 15 is 0 Å². The summed E-state index contributed by atoms with van der Waals surface area (Å²) >= 11 is 0. The summed E-state index contributed by atoms with van der Waals surface area (Å²) in [6.07, 6.45) is 2.86. The summed E-state index contributed by atoms with van der Waals surface area (Å²) in [5.41, 5.74) is 3.42. The van der Waals surface area contributed by atoms with Crippen LogP contribution in [0.4, 0.5) is 5.69 Å². The molecule has 3 aromatic rings. The predicted octanol–water partition coefficient (Wildman–Crippen LogP) is 3.93. The molecule has 1 aromatic carbocycles. The molecular weight excluding hydrogens is 376 g/mol. The molecule has 1 aliphatic rings. The summed E-state index contributed by atoms with van der Waals surface area (Å²) < 4.78 is 36.9. The smallest absolute Gasteiger partial charge is 0.264 e. The van der Waals surface area contributed by atoms with Gasteiger partial charge in [-0.2, -0.15) is 0 Å². The summed E-state index contributed by atoms with van der Waals surface area (Å²) in [5, 5.41) is 8.30. The van der Waals surface area contributed by atoms with Crippen molar-refractivity contribution in [3.63, 3.8) is 0 Å². The zero-order valence-electron chi connectivity index (χ0n) is 16.5. The molecule has 148 valence electrons. The Morgan fingerprint density at radius 3 is 2.61 bits per heavy atom. The molecule has 2 aromatic heterocycles. The van der Waals surface area contributed by atoms with Crippen molar-refractivity contribution in [1.82, 2.24) is 14.8 Å². The van der Waals surface area contributed by atoms with E-state index in [2.05, 4.69) is 14.9 Å². The lowest BCUT2D eigenvalue weighted by Crippen LogP contribution is -2.16. The molecule has 4 rings (SSSR count). The van der Waals surface area contributed by atoms with Crippen molar-refractivity contribution in [2.45, 2.75) is 50.8 Å². The minimum Gasteiger partial charge on any atom is -0.419 e. The van der Waals surface area contributed by atoms with Crippen molar-refractivity contribution >= 4 is 15.7 Å². The second-order valence-corrected chi connectivity index (χ2v) is 8.90. The molecule has 7 nitrogen and oxygen atoms in total. The number of rotatable bonds is 6. The Morgan fingerprint density at radius 1 is 1.21 bits per heavy atom. The maximum Gasteiger partial charge on any atom is 0.264 e. The molecule has 0 amide bonds. The van der Waals surface area contributed by atoms with Gasteiger partial charge >= 0.3 is 0 Å². The van der Waals surface area contributed by atoms with E-state index in [4.69, 9.17) is 4.42 Å². The highest BCUT2D eigenvalue weighted by molar-refractivity contribution is 7.92. The van der Waals surface area contributed by atoms with Crippen LogP contribution in [0, 0.1) is 13.8 Å². The maximum atomic E-state index is 13.2. The van der Waals surface area contributed by atoms with Crippen molar-refractivity contribution in [2.75, 3.05) is 4.72 Å². The highest BCUT2D eigenvalue weighted by Crippen LogP contribution is 2.41. The third-order valence-corrected chi connectivity index (χ3v) is 6.97. The summed E-state index contributed by atoms with van der Waals surface area (Å²) in [6, 6.07) is 7.43. The van der Waals surface area contributed by atoms with E-state index in [1.54, 1.807) is 24.5 Å². The number of hydrogen-bond acceptors (Lipinski definition) is 5. The average Bonchev–Trinajstić information content (AvgIpc) is 3.34. The molecule has 0 spiro atoms.